The molecule has 0 aliphatic carbocycles. The number of allylic oxidation sites excluding steroid dienone is 1. The van der Waals surface area contributed by atoms with Crippen LogP contribution in [0, 0.1) is 0 Å². The van der Waals surface area contributed by atoms with Crippen molar-refractivity contribution in [2.75, 3.05) is 0 Å². The van der Waals surface area contributed by atoms with Crippen LogP contribution in [0.15, 0.2) is 151 Å². The largest absolute Gasteiger partial charge is 0.456 e. The molecule has 44 heavy (non-hydrogen) atoms. The molecule has 0 fully saturated rings. The van der Waals surface area contributed by atoms with E-state index in [1.165, 1.54) is 54.9 Å². The second-order valence-electron chi connectivity index (χ2n) is 11.3. The quantitative estimate of drug-likeness (QED) is 0.190. The molecule has 0 saturated carbocycles. The Morgan fingerprint density at radius 3 is 1.57 bits per heavy atom. The SMILES string of the molecule is C=Cc1cc2c(cc1/C=C\C)oc1ccc(-c3ccc(-c4c5ccccc5c(-c5ccccc5)c5ccccc45)cc3)cc12. The molecule has 1 nitrogen and oxygen atoms in total. The maximum absolute atomic E-state index is 6.26. The van der Waals surface area contributed by atoms with Gasteiger partial charge in [-0.2, -0.15) is 0 Å². The lowest BCUT2D eigenvalue weighted by Crippen LogP contribution is -1.90. The van der Waals surface area contributed by atoms with Crippen LogP contribution in [0.1, 0.15) is 18.1 Å². The number of hydrogen-bond donors (Lipinski definition) is 0. The summed E-state index contributed by atoms with van der Waals surface area (Å²) in [4.78, 5) is 0. The van der Waals surface area contributed by atoms with Crippen molar-refractivity contribution >= 4 is 55.6 Å². The van der Waals surface area contributed by atoms with Gasteiger partial charge >= 0.3 is 0 Å². The van der Waals surface area contributed by atoms with Crippen LogP contribution in [0.2, 0.25) is 0 Å². The first-order valence-electron chi connectivity index (χ1n) is 15.1. The van der Waals surface area contributed by atoms with Gasteiger partial charge in [-0.05, 0) is 97.2 Å². The highest BCUT2D eigenvalue weighted by Gasteiger charge is 2.17. The van der Waals surface area contributed by atoms with Crippen LogP contribution in [0.25, 0.3) is 89.0 Å². The molecule has 0 amide bonds. The van der Waals surface area contributed by atoms with E-state index in [0.29, 0.717) is 0 Å². The van der Waals surface area contributed by atoms with Crippen LogP contribution in [0.3, 0.4) is 0 Å². The smallest absolute Gasteiger partial charge is 0.136 e. The van der Waals surface area contributed by atoms with Crippen molar-refractivity contribution in [1.82, 2.24) is 0 Å². The van der Waals surface area contributed by atoms with Gasteiger partial charge in [0.05, 0.1) is 0 Å². The zero-order valence-electron chi connectivity index (χ0n) is 24.5. The molecule has 8 aromatic rings. The molecule has 208 valence electrons. The molecule has 0 aliphatic heterocycles. The minimum atomic E-state index is 0.893. The van der Waals surface area contributed by atoms with Crippen molar-refractivity contribution in [3.8, 4) is 33.4 Å². The van der Waals surface area contributed by atoms with E-state index in [0.717, 1.165) is 33.1 Å². The molecule has 0 atom stereocenters. The maximum atomic E-state index is 6.26. The van der Waals surface area contributed by atoms with Crippen molar-refractivity contribution in [3.63, 3.8) is 0 Å². The molecule has 0 saturated heterocycles. The highest BCUT2D eigenvalue weighted by molar-refractivity contribution is 6.21. The zero-order chi connectivity index (χ0) is 29.6. The van der Waals surface area contributed by atoms with Crippen LogP contribution >= 0.6 is 0 Å². The van der Waals surface area contributed by atoms with Gasteiger partial charge in [-0.3, -0.25) is 0 Å². The molecule has 7 aromatic carbocycles. The second-order valence-corrected chi connectivity index (χ2v) is 11.3. The molecule has 1 aromatic heterocycles. The van der Waals surface area contributed by atoms with Crippen LogP contribution in [-0.4, -0.2) is 0 Å². The van der Waals surface area contributed by atoms with Crippen molar-refractivity contribution in [1.29, 1.82) is 0 Å². The summed E-state index contributed by atoms with van der Waals surface area (Å²) in [6, 6.07) is 48.2. The third-order valence-corrected chi connectivity index (χ3v) is 8.74. The fraction of sp³-hybridized carbons (Fsp3) is 0.0233. The van der Waals surface area contributed by atoms with Gasteiger partial charge in [0.1, 0.15) is 11.2 Å². The lowest BCUT2D eigenvalue weighted by atomic mass is 9.86. The fourth-order valence-corrected chi connectivity index (χ4v) is 6.72. The van der Waals surface area contributed by atoms with Crippen molar-refractivity contribution in [2.24, 2.45) is 0 Å². The standard InChI is InChI=1S/C43H30O/c1-3-12-32-27-41-39(25-28(32)4-2)38-26-33(23-24-40(38)44-41)29-19-21-31(22-20-29)43-36-17-10-8-15-34(36)42(30-13-6-5-7-14-30)35-16-9-11-18-37(35)43/h3-27H,2H2,1H3/b12-3-. The predicted octanol–water partition coefficient (Wildman–Crippen LogP) is 12.6. The van der Waals surface area contributed by atoms with E-state index in [-0.39, 0.29) is 0 Å². The van der Waals surface area contributed by atoms with E-state index in [1.54, 1.807) is 0 Å². The molecular formula is C43H30O. The Bertz CT molecular complexity index is 2330. The third-order valence-electron chi connectivity index (χ3n) is 8.74. The molecule has 0 unspecified atom stereocenters. The predicted molar refractivity (Wildman–Crippen MR) is 190 cm³/mol. The first-order chi connectivity index (χ1) is 21.7. The summed E-state index contributed by atoms with van der Waals surface area (Å²) in [5, 5.41) is 7.29. The lowest BCUT2D eigenvalue weighted by molar-refractivity contribution is 0.669. The zero-order valence-corrected chi connectivity index (χ0v) is 24.5. The molecule has 0 bridgehead atoms. The van der Waals surface area contributed by atoms with E-state index >= 15 is 0 Å². The number of rotatable bonds is 5. The van der Waals surface area contributed by atoms with Gasteiger partial charge in [0.2, 0.25) is 0 Å². The van der Waals surface area contributed by atoms with Gasteiger partial charge in [0.15, 0.2) is 0 Å². The highest BCUT2D eigenvalue weighted by Crippen LogP contribution is 2.44. The lowest BCUT2D eigenvalue weighted by Gasteiger charge is -2.18. The van der Waals surface area contributed by atoms with Gasteiger partial charge in [0, 0.05) is 10.8 Å². The van der Waals surface area contributed by atoms with Gasteiger partial charge in [-0.1, -0.05) is 134 Å². The van der Waals surface area contributed by atoms with Gasteiger partial charge in [-0.25, -0.2) is 0 Å². The molecule has 1 heteroatoms. The van der Waals surface area contributed by atoms with Crippen molar-refractivity contribution in [2.45, 2.75) is 6.92 Å². The van der Waals surface area contributed by atoms with Gasteiger partial charge < -0.3 is 4.42 Å². The molecule has 0 spiro atoms. The summed E-state index contributed by atoms with van der Waals surface area (Å²) in [5.74, 6) is 0. The summed E-state index contributed by atoms with van der Waals surface area (Å²) in [6.45, 7) is 6.06. The Labute approximate surface area is 257 Å². The summed E-state index contributed by atoms with van der Waals surface area (Å²) in [7, 11) is 0. The van der Waals surface area contributed by atoms with Crippen LogP contribution in [0.4, 0.5) is 0 Å². The van der Waals surface area contributed by atoms with Crippen LogP contribution < -0.4 is 0 Å². The Morgan fingerprint density at radius 1 is 0.455 bits per heavy atom. The van der Waals surface area contributed by atoms with Gasteiger partial charge in [0.25, 0.3) is 0 Å². The number of benzene rings is 7. The van der Waals surface area contributed by atoms with Crippen LogP contribution in [-0.2, 0) is 0 Å². The summed E-state index contributed by atoms with van der Waals surface area (Å²) >= 11 is 0. The van der Waals surface area contributed by atoms with Crippen LogP contribution in [0.5, 0.6) is 0 Å². The Kier molecular flexibility index (Phi) is 6.24. The van der Waals surface area contributed by atoms with E-state index < -0.39 is 0 Å². The van der Waals surface area contributed by atoms with Crippen molar-refractivity contribution < 1.29 is 4.42 Å². The first kappa shape index (κ1) is 26.0. The van der Waals surface area contributed by atoms with E-state index in [4.69, 9.17) is 4.42 Å². The summed E-state index contributed by atoms with van der Waals surface area (Å²) in [6.07, 6.45) is 6.05. The second kappa shape index (κ2) is 10.6. The topological polar surface area (TPSA) is 13.1 Å². The minimum absolute atomic E-state index is 0.893. The number of furan rings is 1. The maximum Gasteiger partial charge on any atom is 0.136 e. The number of fused-ring (bicyclic) bond motifs is 5. The minimum Gasteiger partial charge on any atom is -0.456 e. The van der Waals surface area contributed by atoms with E-state index in [2.05, 4.69) is 146 Å². The fourth-order valence-electron chi connectivity index (χ4n) is 6.72. The normalized spacial score (nSPS) is 11.8. The Hall–Kier alpha value is -5.66. The summed E-state index contributed by atoms with van der Waals surface area (Å²) in [5.41, 5.74) is 11.3. The first-order valence-corrected chi connectivity index (χ1v) is 15.1. The van der Waals surface area contributed by atoms with E-state index in [9.17, 15) is 0 Å². The molecule has 8 rings (SSSR count). The molecule has 0 radical (unpaired) electrons. The summed E-state index contributed by atoms with van der Waals surface area (Å²) < 4.78 is 6.26. The molecule has 0 N–H and O–H groups in total. The average Bonchev–Trinajstić information content (AvgIpc) is 3.44. The molecular weight excluding hydrogens is 532 g/mol. The molecule has 1 heterocycles. The van der Waals surface area contributed by atoms with E-state index in [1.807, 2.05) is 19.1 Å². The van der Waals surface area contributed by atoms with Crippen molar-refractivity contribution in [3.05, 3.63) is 157 Å². The Balaban J connectivity index is 1.27. The molecule has 0 aliphatic rings. The number of hydrogen-bond acceptors (Lipinski definition) is 1. The highest BCUT2D eigenvalue weighted by atomic mass is 16.3. The monoisotopic (exact) mass is 562 g/mol. The average molecular weight is 563 g/mol. The Morgan fingerprint density at radius 2 is 0.977 bits per heavy atom. The third kappa shape index (κ3) is 4.17. The van der Waals surface area contributed by atoms with Gasteiger partial charge in [-0.15, -0.1) is 0 Å².